The SMILES string of the molecule is CC(C)c1ccnc(C(=O)N2CCCC2)n1. The van der Waals surface area contributed by atoms with E-state index >= 15 is 0 Å². The molecule has 0 atom stereocenters. The van der Waals surface area contributed by atoms with Crippen molar-refractivity contribution in [1.29, 1.82) is 0 Å². The van der Waals surface area contributed by atoms with Crippen molar-refractivity contribution in [2.45, 2.75) is 32.6 Å². The molecule has 0 saturated carbocycles. The summed E-state index contributed by atoms with van der Waals surface area (Å²) in [4.78, 5) is 22.2. The van der Waals surface area contributed by atoms with Crippen molar-refractivity contribution >= 4 is 5.91 Å². The molecule has 1 amide bonds. The van der Waals surface area contributed by atoms with Gasteiger partial charge < -0.3 is 4.90 Å². The number of hydrogen-bond donors (Lipinski definition) is 0. The Bertz CT molecular complexity index is 384. The van der Waals surface area contributed by atoms with Gasteiger partial charge in [-0.05, 0) is 24.8 Å². The lowest BCUT2D eigenvalue weighted by Gasteiger charge is -2.14. The Hall–Kier alpha value is -1.45. The molecular formula is C12H17N3O. The van der Waals surface area contributed by atoms with Gasteiger partial charge in [-0.2, -0.15) is 0 Å². The van der Waals surface area contributed by atoms with E-state index in [1.807, 2.05) is 11.0 Å². The molecule has 1 aromatic rings. The molecule has 1 saturated heterocycles. The Morgan fingerprint density at radius 1 is 1.38 bits per heavy atom. The van der Waals surface area contributed by atoms with E-state index in [4.69, 9.17) is 0 Å². The van der Waals surface area contributed by atoms with Crippen LogP contribution in [-0.4, -0.2) is 33.9 Å². The van der Waals surface area contributed by atoms with Crippen LogP contribution in [0.5, 0.6) is 0 Å². The second-order valence-electron chi connectivity index (χ2n) is 4.46. The molecule has 1 aliphatic heterocycles. The van der Waals surface area contributed by atoms with Crippen LogP contribution in [-0.2, 0) is 0 Å². The van der Waals surface area contributed by atoms with Crippen molar-refractivity contribution in [3.8, 4) is 0 Å². The molecule has 2 rings (SSSR count). The van der Waals surface area contributed by atoms with Crippen LogP contribution in [0.25, 0.3) is 0 Å². The van der Waals surface area contributed by atoms with Crippen molar-refractivity contribution in [3.63, 3.8) is 0 Å². The topological polar surface area (TPSA) is 46.1 Å². The summed E-state index contributed by atoms with van der Waals surface area (Å²) < 4.78 is 0. The highest BCUT2D eigenvalue weighted by Crippen LogP contribution is 2.13. The largest absolute Gasteiger partial charge is 0.336 e. The van der Waals surface area contributed by atoms with Crippen LogP contribution in [0.1, 0.15) is 48.9 Å². The summed E-state index contributed by atoms with van der Waals surface area (Å²) in [7, 11) is 0. The zero-order chi connectivity index (χ0) is 11.5. The molecule has 16 heavy (non-hydrogen) atoms. The summed E-state index contributed by atoms with van der Waals surface area (Å²) in [6, 6.07) is 1.87. The van der Waals surface area contributed by atoms with E-state index in [1.165, 1.54) is 0 Å². The number of likely N-dealkylation sites (tertiary alicyclic amines) is 1. The Morgan fingerprint density at radius 2 is 2.06 bits per heavy atom. The van der Waals surface area contributed by atoms with E-state index in [9.17, 15) is 4.79 Å². The average Bonchev–Trinajstić information content (AvgIpc) is 2.81. The molecule has 0 bridgehead atoms. The third kappa shape index (κ3) is 2.21. The van der Waals surface area contributed by atoms with Crippen LogP contribution in [0.2, 0.25) is 0 Å². The number of carbonyl (C=O) groups is 1. The molecule has 1 aromatic heterocycles. The van der Waals surface area contributed by atoms with Crippen molar-refractivity contribution in [3.05, 3.63) is 23.8 Å². The summed E-state index contributed by atoms with van der Waals surface area (Å²) in [5.74, 6) is 0.640. The zero-order valence-corrected chi connectivity index (χ0v) is 9.81. The van der Waals surface area contributed by atoms with Crippen molar-refractivity contribution in [1.82, 2.24) is 14.9 Å². The zero-order valence-electron chi connectivity index (χ0n) is 9.81. The molecule has 1 aliphatic rings. The Morgan fingerprint density at radius 3 is 2.69 bits per heavy atom. The van der Waals surface area contributed by atoms with Gasteiger partial charge in [-0.15, -0.1) is 0 Å². The first-order valence-corrected chi connectivity index (χ1v) is 5.80. The minimum atomic E-state index is -0.0278. The van der Waals surface area contributed by atoms with E-state index in [1.54, 1.807) is 6.20 Å². The Kier molecular flexibility index (Phi) is 3.17. The molecule has 0 aromatic carbocycles. The van der Waals surface area contributed by atoms with Crippen LogP contribution in [0.3, 0.4) is 0 Å². The Labute approximate surface area is 95.7 Å². The van der Waals surface area contributed by atoms with Gasteiger partial charge in [0.1, 0.15) is 0 Å². The fourth-order valence-corrected chi connectivity index (χ4v) is 1.86. The molecule has 2 heterocycles. The molecular weight excluding hydrogens is 202 g/mol. The number of hydrogen-bond acceptors (Lipinski definition) is 3. The fraction of sp³-hybridized carbons (Fsp3) is 0.583. The first-order chi connectivity index (χ1) is 7.68. The maximum Gasteiger partial charge on any atom is 0.291 e. The fourth-order valence-electron chi connectivity index (χ4n) is 1.86. The molecule has 1 fully saturated rings. The summed E-state index contributed by atoms with van der Waals surface area (Å²) in [5.41, 5.74) is 0.928. The van der Waals surface area contributed by atoms with Crippen LogP contribution >= 0.6 is 0 Å². The summed E-state index contributed by atoms with van der Waals surface area (Å²) in [6.07, 6.45) is 3.86. The van der Waals surface area contributed by atoms with Gasteiger partial charge in [0, 0.05) is 25.0 Å². The van der Waals surface area contributed by atoms with Crippen LogP contribution in [0.15, 0.2) is 12.3 Å². The van der Waals surface area contributed by atoms with Gasteiger partial charge in [-0.25, -0.2) is 9.97 Å². The number of aromatic nitrogens is 2. The van der Waals surface area contributed by atoms with Gasteiger partial charge in [0.05, 0.1) is 0 Å². The number of amides is 1. The summed E-state index contributed by atoms with van der Waals surface area (Å²) in [6.45, 7) is 5.81. The third-order valence-corrected chi connectivity index (χ3v) is 2.85. The quantitative estimate of drug-likeness (QED) is 0.762. The predicted molar refractivity (Wildman–Crippen MR) is 61.3 cm³/mol. The molecule has 4 heteroatoms. The van der Waals surface area contributed by atoms with Gasteiger partial charge in [-0.1, -0.05) is 13.8 Å². The smallest absolute Gasteiger partial charge is 0.291 e. The lowest BCUT2D eigenvalue weighted by molar-refractivity contribution is 0.0780. The molecule has 4 nitrogen and oxygen atoms in total. The predicted octanol–water partition coefficient (Wildman–Crippen LogP) is 1.84. The van der Waals surface area contributed by atoms with Crippen molar-refractivity contribution < 1.29 is 4.79 Å². The molecule has 0 N–H and O–H groups in total. The van der Waals surface area contributed by atoms with Gasteiger partial charge in [0.15, 0.2) is 0 Å². The van der Waals surface area contributed by atoms with Crippen LogP contribution in [0.4, 0.5) is 0 Å². The van der Waals surface area contributed by atoms with E-state index in [2.05, 4.69) is 23.8 Å². The van der Waals surface area contributed by atoms with Gasteiger partial charge in [-0.3, -0.25) is 4.79 Å². The van der Waals surface area contributed by atoms with Gasteiger partial charge >= 0.3 is 0 Å². The maximum absolute atomic E-state index is 12.0. The van der Waals surface area contributed by atoms with Crippen molar-refractivity contribution in [2.24, 2.45) is 0 Å². The molecule has 0 unspecified atom stereocenters. The monoisotopic (exact) mass is 219 g/mol. The number of rotatable bonds is 2. The number of nitrogens with zero attached hydrogens (tertiary/aromatic N) is 3. The molecule has 86 valence electrons. The third-order valence-electron chi connectivity index (χ3n) is 2.85. The highest BCUT2D eigenvalue weighted by Gasteiger charge is 2.21. The van der Waals surface area contributed by atoms with Crippen LogP contribution in [0, 0.1) is 0 Å². The standard InChI is InChI=1S/C12H17N3O/c1-9(2)10-5-6-13-11(14-10)12(16)15-7-3-4-8-15/h5-6,9H,3-4,7-8H2,1-2H3. The molecule has 0 aliphatic carbocycles. The lowest BCUT2D eigenvalue weighted by Crippen LogP contribution is -2.29. The number of carbonyl (C=O) groups excluding carboxylic acids is 1. The molecule has 0 radical (unpaired) electrons. The van der Waals surface area contributed by atoms with Crippen LogP contribution < -0.4 is 0 Å². The van der Waals surface area contributed by atoms with E-state index in [0.717, 1.165) is 31.6 Å². The first kappa shape index (κ1) is 11.0. The van der Waals surface area contributed by atoms with Crippen molar-refractivity contribution in [2.75, 3.05) is 13.1 Å². The minimum Gasteiger partial charge on any atom is -0.336 e. The van der Waals surface area contributed by atoms with Gasteiger partial charge in [0.2, 0.25) is 5.82 Å². The Balaban J connectivity index is 2.19. The van der Waals surface area contributed by atoms with E-state index < -0.39 is 0 Å². The summed E-state index contributed by atoms with van der Waals surface area (Å²) in [5, 5.41) is 0. The second-order valence-corrected chi connectivity index (χ2v) is 4.46. The lowest BCUT2D eigenvalue weighted by atomic mass is 10.1. The van der Waals surface area contributed by atoms with E-state index in [0.29, 0.717) is 11.7 Å². The first-order valence-electron chi connectivity index (χ1n) is 5.80. The minimum absolute atomic E-state index is 0.0278. The maximum atomic E-state index is 12.0. The highest BCUT2D eigenvalue weighted by molar-refractivity contribution is 5.90. The normalized spacial score (nSPS) is 15.8. The average molecular weight is 219 g/mol. The second kappa shape index (κ2) is 4.60. The van der Waals surface area contributed by atoms with E-state index in [-0.39, 0.29) is 5.91 Å². The molecule has 0 spiro atoms. The summed E-state index contributed by atoms with van der Waals surface area (Å²) >= 11 is 0. The van der Waals surface area contributed by atoms with Gasteiger partial charge in [0.25, 0.3) is 5.91 Å². The highest BCUT2D eigenvalue weighted by atomic mass is 16.2.